The van der Waals surface area contributed by atoms with E-state index in [1.165, 1.54) is 35.0 Å². The molecule has 3 rings (SSSR count). The molecule has 21 heavy (non-hydrogen) atoms. The van der Waals surface area contributed by atoms with Gasteiger partial charge < -0.3 is 5.32 Å². The van der Waals surface area contributed by atoms with E-state index in [9.17, 15) is 0 Å². The Morgan fingerprint density at radius 2 is 2.33 bits per heavy atom. The maximum Gasteiger partial charge on any atom is 0.0767 e. The molecule has 114 valence electrons. The van der Waals surface area contributed by atoms with Gasteiger partial charge in [0, 0.05) is 24.0 Å². The summed E-state index contributed by atoms with van der Waals surface area (Å²) < 4.78 is 3.30. The number of thiophene rings is 1. The van der Waals surface area contributed by atoms with E-state index >= 15 is 0 Å². The van der Waals surface area contributed by atoms with Crippen LogP contribution in [0.5, 0.6) is 0 Å². The highest BCUT2D eigenvalue weighted by Crippen LogP contribution is 2.33. The molecule has 0 bridgehead atoms. The topological polar surface area (TPSA) is 29.9 Å². The van der Waals surface area contributed by atoms with Gasteiger partial charge in [-0.3, -0.25) is 4.68 Å². The van der Waals surface area contributed by atoms with Crippen molar-refractivity contribution in [2.45, 2.75) is 58.7 Å². The lowest BCUT2D eigenvalue weighted by molar-refractivity contribution is 0.449. The normalized spacial score (nSPS) is 18.0. The first-order valence-corrected chi connectivity index (χ1v) is 9.45. The van der Waals surface area contributed by atoms with Gasteiger partial charge in [-0.2, -0.15) is 5.10 Å². The van der Waals surface area contributed by atoms with Crippen LogP contribution in [0.25, 0.3) is 0 Å². The third-order valence-corrected chi connectivity index (χ3v) is 6.17. The van der Waals surface area contributed by atoms with Crippen LogP contribution in [0.15, 0.2) is 15.9 Å². The molecule has 1 atom stereocenters. The third kappa shape index (κ3) is 2.96. The van der Waals surface area contributed by atoms with Gasteiger partial charge in [-0.15, -0.1) is 11.3 Å². The number of rotatable bonds is 5. The van der Waals surface area contributed by atoms with Crippen LogP contribution in [0.3, 0.4) is 0 Å². The second kappa shape index (κ2) is 6.63. The van der Waals surface area contributed by atoms with Crippen molar-refractivity contribution in [3.63, 3.8) is 0 Å². The van der Waals surface area contributed by atoms with Crippen LogP contribution in [0.4, 0.5) is 0 Å². The molecule has 2 heterocycles. The van der Waals surface area contributed by atoms with Crippen molar-refractivity contribution in [1.82, 2.24) is 15.1 Å². The van der Waals surface area contributed by atoms with E-state index in [-0.39, 0.29) is 0 Å². The van der Waals surface area contributed by atoms with Gasteiger partial charge in [0.15, 0.2) is 0 Å². The van der Waals surface area contributed by atoms with Gasteiger partial charge in [-0.05, 0) is 65.5 Å². The highest BCUT2D eigenvalue weighted by atomic mass is 79.9. The van der Waals surface area contributed by atoms with Crippen LogP contribution in [0, 0.1) is 0 Å². The lowest BCUT2D eigenvalue weighted by atomic mass is 9.94. The zero-order valence-electron chi connectivity index (χ0n) is 12.7. The smallest absolute Gasteiger partial charge is 0.0767 e. The molecule has 0 aromatic carbocycles. The van der Waals surface area contributed by atoms with Gasteiger partial charge >= 0.3 is 0 Å². The van der Waals surface area contributed by atoms with Crippen molar-refractivity contribution in [2.75, 3.05) is 0 Å². The van der Waals surface area contributed by atoms with Gasteiger partial charge in [0.2, 0.25) is 0 Å². The fourth-order valence-electron chi connectivity index (χ4n) is 3.10. The molecule has 1 aliphatic carbocycles. The van der Waals surface area contributed by atoms with Crippen LogP contribution in [-0.4, -0.2) is 9.78 Å². The van der Waals surface area contributed by atoms with E-state index in [1.54, 1.807) is 4.88 Å². The lowest BCUT2D eigenvalue weighted by Gasteiger charge is -2.24. The second-order valence-corrected chi connectivity index (χ2v) is 7.30. The van der Waals surface area contributed by atoms with Gasteiger partial charge in [-0.25, -0.2) is 0 Å². The predicted octanol–water partition coefficient (Wildman–Crippen LogP) is 4.46. The zero-order valence-corrected chi connectivity index (χ0v) is 15.1. The Bertz CT molecular complexity index is 617. The Labute approximate surface area is 138 Å². The molecule has 1 unspecified atom stereocenters. The van der Waals surface area contributed by atoms with Crippen LogP contribution in [0.2, 0.25) is 0 Å². The monoisotopic (exact) mass is 367 g/mol. The Morgan fingerprint density at radius 1 is 1.48 bits per heavy atom. The van der Waals surface area contributed by atoms with E-state index < -0.39 is 0 Å². The van der Waals surface area contributed by atoms with Crippen LogP contribution in [-0.2, 0) is 25.9 Å². The van der Waals surface area contributed by atoms with Crippen molar-refractivity contribution < 1.29 is 0 Å². The summed E-state index contributed by atoms with van der Waals surface area (Å²) in [7, 11) is 0. The first-order valence-electron chi connectivity index (χ1n) is 7.78. The molecular weight excluding hydrogens is 346 g/mol. The molecule has 0 aliphatic heterocycles. The molecular formula is C16H22BrN3S. The minimum atomic E-state index is 0.497. The quantitative estimate of drug-likeness (QED) is 0.845. The van der Waals surface area contributed by atoms with E-state index in [4.69, 9.17) is 0 Å². The number of halogens is 1. The molecule has 3 nitrogen and oxygen atoms in total. The molecule has 2 aromatic heterocycles. The van der Waals surface area contributed by atoms with E-state index in [2.05, 4.69) is 56.3 Å². The fourth-order valence-corrected chi connectivity index (χ4v) is 4.80. The first-order chi connectivity index (χ1) is 10.2. The highest BCUT2D eigenvalue weighted by molar-refractivity contribution is 9.10. The van der Waals surface area contributed by atoms with Gasteiger partial charge in [-0.1, -0.05) is 6.92 Å². The standard InChI is InChI=1S/C16H22BrN3S/c1-3-12-16(17)14(20(4-2)19-12)10-18-13-6-5-7-15-11(13)8-9-21-15/h8-9,13,18H,3-7,10H2,1-2H3. The number of hydrogen-bond donors (Lipinski definition) is 1. The van der Waals surface area contributed by atoms with Crippen LogP contribution in [0.1, 0.15) is 54.6 Å². The molecule has 0 fully saturated rings. The maximum absolute atomic E-state index is 4.68. The molecule has 0 amide bonds. The summed E-state index contributed by atoms with van der Waals surface area (Å²) in [6.45, 7) is 6.11. The van der Waals surface area contributed by atoms with Crippen molar-refractivity contribution >= 4 is 27.3 Å². The number of aryl methyl sites for hydroxylation is 3. The Balaban J connectivity index is 1.76. The van der Waals surface area contributed by atoms with E-state index in [0.29, 0.717) is 6.04 Å². The minimum absolute atomic E-state index is 0.497. The predicted molar refractivity (Wildman–Crippen MR) is 91.8 cm³/mol. The number of nitrogens with zero attached hydrogens (tertiary/aromatic N) is 2. The second-order valence-electron chi connectivity index (χ2n) is 5.50. The fraction of sp³-hybridized carbons (Fsp3) is 0.562. The molecule has 2 aromatic rings. The zero-order chi connectivity index (χ0) is 14.8. The summed E-state index contributed by atoms with van der Waals surface area (Å²) in [5.41, 5.74) is 3.95. The van der Waals surface area contributed by atoms with Crippen LogP contribution >= 0.6 is 27.3 Å². The number of nitrogens with one attached hydrogen (secondary N) is 1. The Kier molecular flexibility index (Phi) is 4.82. The van der Waals surface area contributed by atoms with Crippen LogP contribution < -0.4 is 5.32 Å². The Hall–Kier alpha value is -0.650. The van der Waals surface area contributed by atoms with Gasteiger partial charge in [0.25, 0.3) is 0 Å². The highest BCUT2D eigenvalue weighted by Gasteiger charge is 2.22. The Morgan fingerprint density at radius 3 is 3.10 bits per heavy atom. The number of hydrogen-bond acceptors (Lipinski definition) is 3. The maximum atomic E-state index is 4.68. The number of aromatic nitrogens is 2. The first kappa shape index (κ1) is 15.3. The summed E-state index contributed by atoms with van der Waals surface area (Å²) in [4.78, 5) is 1.57. The molecule has 1 N–H and O–H groups in total. The van der Waals surface area contributed by atoms with E-state index in [0.717, 1.165) is 25.2 Å². The van der Waals surface area contributed by atoms with Crippen molar-refractivity contribution in [2.24, 2.45) is 0 Å². The SMILES string of the molecule is CCc1nn(CC)c(CNC2CCCc3sccc32)c1Br. The molecule has 5 heteroatoms. The van der Waals surface area contributed by atoms with Crippen molar-refractivity contribution in [3.05, 3.63) is 37.7 Å². The van der Waals surface area contributed by atoms with Crippen molar-refractivity contribution in [1.29, 1.82) is 0 Å². The molecule has 1 aliphatic rings. The average molecular weight is 368 g/mol. The van der Waals surface area contributed by atoms with E-state index in [1.807, 2.05) is 11.3 Å². The van der Waals surface area contributed by atoms with Gasteiger partial charge in [0.05, 0.1) is 15.9 Å². The molecule has 0 radical (unpaired) electrons. The largest absolute Gasteiger partial charge is 0.304 e. The van der Waals surface area contributed by atoms with Gasteiger partial charge in [0.1, 0.15) is 0 Å². The third-order valence-electron chi connectivity index (χ3n) is 4.26. The summed E-state index contributed by atoms with van der Waals surface area (Å²) in [6.07, 6.45) is 4.75. The summed E-state index contributed by atoms with van der Waals surface area (Å²) in [5, 5.41) is 10.7. The summed E-state index contributed by atoms with van der Waals surface area (Å²) in [5.74, 6) is 0. The van der Waals surface area contributed by atoms with Crippen molar-refractivity contribution in [3.8, 4) is 0 Å². The molecule has 0 saturated carbocycles. The lowest BCUT2D eigenvalue weighted by Crippen LogP contribution is -2.25. The molecule has 0 spiro atoms. The minimum Gasteiger partial charge on any atom is -0.304 e. The average Bonchev–Trinajstić information content (AvgIpc) is 3.09. The summed E-state index contributed by atoms with van der Waals surface area (Å²) >= 11 is 5.63. The summed E-state index contributed by atoms with van der Waals surface area (Å²) in [6, 6.07) is 2.79. The number of fused-ring (bicyclic) bond motifs is 1. The molecule has 0 saturated heterocycles.